The molecule has 0 bridgehead atoms. The molecule has 1 aromatic heterocycles. The Kier molecular flexibility index (Phi) is 5.55. The van der Waals surface area contributed by atoms with Crippen LogP contribution >= 0.6 is 0 Å². The number of nitrogens with zero attached hydrogens (tertiary/aromatic N) is 2. The van der Waals surface area contributed by atoms with Crippen LogP contribution in [0.5, 0.6) is 5.75 Å². The number of anilines is 1. The standard InChI is InChI=1S/C19H24N4O3/c1-3-4-9-20-17(24)11-23(2)19-21-15-12-26-16-8-6-5-7-13(16)10-14(15)18(25)22-19/h5-8H,3-4,9-12H2,1-2H3,(H,20,24)(H,21,22,25). The zero-order valence-electron chi connectivity index (χ0n) is 15.2. The van der Waals surface area contributed by atoms with Crippen molar-refractivity contribution in [3.8, 4) is 5.75 Å². The van der Waals surface area contributed by atoms with Crippen LogP contribution in [0, 0.1) is 0 Å². The summed E-state index contributed by atoms with van der Waals surface area (Å²) in [7, 11) is 1.73. The lowest BCUT2D eigenvalue weighted by molar-refractivity contribution is -0.119. The van der Waals surface area contributed by atoms with Crippen LogP contribution in [0.4, 0.5) is 5.95 Å². The normalized spacial score (nSPS) is 12.4. The molecule has 1 aromatic carbocycles. The van der Waals surface area contributed by atoms with Gasteiger partial charge in [0, 0.05) is 25.6 Å². The maximum absolute atomic E-state index is 12.6. The number of unbranched alkanes of at least 4 members (excludes halogenated alkanes) is 1. The molecular weight excluding hydrogens is 332 g/mol. The maximum atomic E-state index is 12.6. The second-order valence-electron chi connectivity index (χ2n) is 6.45. The van der Waals surface area contributed by atoms with E-state index in [0.29, 0.717) is 30.2 Å². The van der Waals surface area contributed by atoms with Crippen LogP contribution in [-0.2, 0) is 17.8 Å². The van der Waals surface area contributed by atoms with Crippen LogP contribution in [0.3, 0.4) is 0 Å². The highest BCUT2D eigenvalue weighted by atomic mass is 16.5. The molecule has 2 N–H and O–H groups in total. The summed E-state index contributed by atoms with van der Waals surface area (Å²) in [6.07, 6.45) is 2.45. The zero-order chi connectivity index (χ0) is 18.5. The first-order valence-corrected chi connectivity index (χ1v) is 8.89. The summed E-state index contributed by atoms with van der Waals surface area (Å²) in [5.74, 6) is 1.05. The van der Waals surface area contributed by atoms with Crippen molar-refractivity contribution in [2.24, 2.45) is 0 Å². The summed E-state index contributed by atoms with van der Waals surface area (Å²) in [4.78, 5) is 33.5. The molecule has 26 heavy (non-hydrogen) atoms. The van der Waals surface area contributed by atoms with Gasteiger partial charge in [-0.2, -0.15) is 0 Å². The van der Waals surface area contributed by atoms with E-state index in [2.05, 4.69) is 22.2 Å². The molecule has 3 rings (SSSR count). The Balaban J connectivity index is 1.77. The molecule has 7 nitrogen and oxygen atoms in total. The lowest BCUT2D eigenvalue weighted by Crippen LogP contribution is -2.37. The van der Waals surface area contributed by atoms with Crippen molar-refractivity contribution in [3.63, 3.8) is 0 Å². The molecule has 0 saturated heterocycles. The van der Waals surface area contributed by atoms with Gasteiger partial charge in [-0.1, -0.05) is 31.5 Å². The van der Waals surface area contributed by atoms with Crippen molar-refractivity contribution in [2.75, 3.05) is 25.0 Å². The number of carbonyl (C=O) groups excluding carboxylic acids is 1. The quantitative estimate of drug-likeness (QED) is 0.768. The number of ether oxygens (including phenoxy) is 1. The van der Waals surface area contributed by atoms with Crippen molar-refractivity contribution in [2.45, 2.75) is 32.8 Å². The largest absolute Gasteiger partial charge is 0.487 e. The van der Waals surface area contributed by atoms with E-state index in [1.54, 1.807) is 11.9 Å². The van der Waals surface area contributed by atoms with Gasteiger partial charge in [0.2, 0.25) is 11.9 Å². The first-order valence-electron chi connectivity index (χ1n) is 8.89. The molecule has 0 spiro atoms. The first kappa shape index (κ1) is 18.0. The molecule has 2 aromatic rings. The molecule has 138 valence electrons. The second kappa shape index (κ2) is 8.03. The molecule has 2 heterocycles. The summed E-state index contributed by atoms with van der Waals surface area (Å²) in [6, 6.07) is 7.67. The third-order valence-electron chi connectivity index (χ3n) is 4.39. The van der Waals surface area contributed by atoms with E-state index in [9.17, 15) is 9.59 Å². The number of amides is 1. The Morgan fingerprint density at radius 2 is 2.19 bits per heavy atom. The number of fused-ring (bicyclic) bond motifs is 2. The number of aromatic amines is 1. The molecule has 0 unspecified atom stereocenters. The second-order valence-corrected chi connectivity index (χ2v) is 6.45. The molecule has 0 fully saturated rings. The predicted molar refractivity (Wildman–Crippen MR) is 99.6 cm³/mol. The number of rotatable bonds is 6. The van der Waals surface area contributed by atoms with Crippen LogP contribution in [0.15, 0.2) is 29.1 Å². The highest BCUT2D eigenvalue weighted by Gasteiger charge is 2.20. The highest BCUT2D eigenvalue weighted by molar-refractivity contribution is 5.80. The third kappa shape index (κ3) is 4.04. The third-order valence-corrected chi connectivity index (χ3v) is 4.39. The van der Waals surface area contributed by atoms with Crippen molar-refractivity contribution in [3.05, 3.63) is 51.4 Å². The van der Waals surface area contributed by atoms with E-state index < -0.39 is 0 Å². The van der Waals surface area contributed by atoms with Gasteiger partial charge in [0.1, 0.15) is 12.4 Å². The fourth-order valence-electron chi connectivity index (χ4n) is 2.89. The van der Waals surface area contributed by atoms with Crippen molar-refractivity contribution >= 4 is 11.9 Å². The molecular formula is C19H24N4O3. The van der Waals surface area contributed by atoms with Crippen molar-refractivity contribution in [1.29, 1.82) is 0 Å². The lowest BCUT2D eigenvalue weighted by Gasteiger charge is -2.18. The number of benzene rings is 1. The van der Waals surface area contributed by atoms with Gasteiger partial charge in [-0.3, -0.25) is 14.6 Å². The summed E-state index contributed by atoms with van der Waals surface area (Å²) in [5, 5.41) is 2.86. The highest BCUT2D eigenvalue weighted by Crippen LogP contribution is 2.26. The molecule has 0 aliphatic carbocycles. The van der Waals surface area contributed by atoms with Gasteiger partial charge in [-0.05, 0) is 18.1 Å². The summed E-state index contributed by atoms with van der Waals surface area (Å²) in [5.41, 5.74) is 2.00. The zero-order valence-corrected chi connectivity index (χ0v) is 15.2. The molecule has 0 radical (unpaired) electrons. The Morgan fingerprint density at radius 3 is 3.00 bits per heavy atom. The van der Waals surface area contributed by atoms with Crippen LogP contribution in [0.25, 0.3) is 0 Å². The van der Waals surface area contributed by atoms with Crippen molar-refractivity contribution < 1.29 is 9.53 Å². The van der Waals surface area contributed by atoms with Gasteiger partial charge in [-0.15, -0.1) is 0 Å². The van der Waals surface area contributed by atoms with Crippen LogP contribution < -0.4 is 20.5 Å². The van der Waals surface area contributed by atoms with Gasteiger partial charge < -0.3 is 15.0 Å². The Labute approximate surface area is 152 Å². The van der Waals surface area contributed by atoms with Crippen LogP contribution in [-0.4, -0.2) is 36.0 Å². The molecule has 1 aliphatic rings. The van der Waals surface area contributed by atoms with Gasteiger partial charge in [0.05, 0.1) is 12.2 Å². The Morgan fingerprint density at radius 1 is 1.38 bits per heavy atom. The summed E-state index contributed by atoms with van der Waals surface area (Å²) < 4.78 is 5.80. The molecule has 7 heteroatoms. The van der Waals surface area contributed by atoms with E-state index in [4.69, 9.17) is 4.74 Å². The van der Waals surface area contributed by atoms with E-state index >= 15 is 0 Å². The number of aromatic nitrogens is 2. The first-order chi connectivity index (χ1) is 12.6. The van der Waals surface area contributed by atoms with Gasteiger partial charge in [-0.25, -0.2) is 4.98 Å². The van der Waals surface area contributed by atoms with E-state index in [1.807, 2.05) is 24.3 Å². The van der Waals surface area contributed by atoms with Gasteiger partial charge in [0.15, 0.2) is 0 Å². The molecule has 1 amide bonds. The minimum Gasteiger partial charge on any atom is -0.487 e. The molecule has 0 atom stereocenters. The fourth-order valence-corrected chi connectivity index (χ4v) is 2.89. The number of nitrogens with one attached hydrogen (secondary N) is 2. The Bertz CT molecular complexity index is 847. The number of likely N-dealkylation sites (N-methyl/N-ethyl adjacent to an activating group) is 1. The smallest absolute Gasteiger partial charge is 0.256 e. The predicted octanol–water partition coefficient (Wildman–Crippen LogP) is 1.61. The summed E-state index contributed by atoms with van der Waals surface area (Å²) >= 11 is 0. The average Bonchev–Trinajstić information content (AvgIpc) is 2.82. The molecule has 1 aliphatic heterocycles. The number of hydrogen-bond acceptors (Lipinski definition) is 5. The topological polar surface area (TPSA) is 87.3 Å². The maximum Gasteiger partial charge on any atom is 0.256 e. The fraction of sp³-hybridized carbons (Fsp3) is 0.421. The SMILES string of the molecule is CCCCNC(=O)CN(C)c1nc2c(c(=O)[nH]1)Cc1ccccc1OC2. The number of hydrogen-bond donors (Lipinski definition) is 2. The molecule has 0 saturated carbocycles. The van der Waals surface area contributed by atoms with Gasteiger partial charge >= 0.3 is 0 Å². The van der Waals surface area contributed by atoms with Crippen LogP contribution in [0.2, 0.25) is 0 Å². The minimum atomic E-state index is -0.191. The number of para-hydroxylation sites is 1. The number of H-pyrrole nitrogens is 1. The van der Waals surface area contributed by atoms with Crippen molar-refractivity contribution in [1.82, 2.24) is 15.3 Å². The van der Waals surface area contributed by atoms with Gasteiger partial charge in [0.25, 0.3) is 5.56 Å². The Hall–Kier alpha value is -2.83. The van der Waals surface area contributed by atoms with E-state index in [1.165, 1.54) is 0 Å². The lowest BCUT2D eigenvalue weighted by atomic mass is 10.1. The monoisotopic (exact) mass is 356 g/mol. The number of carbonyl (C=O) groups is 1. The van der Waals surface area contributed by atoms with E-state index in [-0.39, 0.29) is 24.6 Å². The minimum absolute atomic E-state index is 0.0952. The van der Waals surface area contributed by atoms with E-state index in [0.717, 1.165) is 24.2 Å². The summed E-state index contributed by atoms with van der Waals surface area (Å²) in [6.45, 7) is 3.10. The average molecular weight is 356 g/mol. The van der Waals surface area contributed by atoms with Crippen LogP contribution in [0.1, 0.15) is 36.6 Å².